The van der Waals surface area contributed by atoms with E-state index in [9.17, 15) is 0 Å². The lowest BCUT2D eigenvalue weighted by molar-refractivity contribution is 1.35. The monoisotopic (exact) mass is 311 g/mol. The Morgan fingerprint density at radius 1 is 1.10 bits per heavy atom. The molecule has 0 N–H and O–H groups in total. The third kappa shape index (κ3) is 2.82. The molecule has 0 fully saturated rings. The van der Waals surface area contributed by atoms with Gasteiger partial charge in [0.15, 0.2) is 0 Å². The lowest BCUT2D eigenvalue weighted by Gasteiger charge is -2.09. The number of fused-ring (bicyclic) bond motifs is 1. The molecule has 0 saturated carbocycles. The van der Waals surface area contributed by atoms with E-state index in [1.54, 1.807) is 11.8 Å². The van der Waals surface area contributed by atoms with Crippen molar-refractivity contribution in [3.05, 3.63) is 87.9 Å². The zero-order valence-corrected chi connectivity index (χ0v) is 13.2. The van der Waals surface area contributed by atoms with Crippen LogP contribution in [0.5, 0.6) is 0 Å². The summed E-state index contributed by atoms with van der Waals surface area (Å²) >= 11 is 7.73. The van der Waals surface area contributed by atoms with Crippen molar-refractivity contribution in [3.8, 4) is 0 Å². The fourth-order valence-electron chi connectivity index (χ4n) is 2.25. The summed E-state index contributed by atoms with van der Waals surface area (Å²) in [6.45, 7) is 5.96. The van der Waals surface area contributed by atoms with Crippen LogP contribution in [0.2, 0.25) is 5.02 Å². The molecule has 0 unspecified atom stereocenters. The largest absolute Gasteiger partial charge is 0.247 e. The van der Waals surface area contributed by atoms with Gasteiger partial charge in [0.25, 0.3) is 0 Å². The summed E-state index contributed by atoms with van der Waals surface area (Å²) in [7, 11) is 0. The van der Waals surface area contributed by atoms with Crippen LogP contribution in [0.1, 0.15) is 18.1 Å². The molecule has 1 nitrogen and oxygen atoms in total. The van der Waals surface area contributed by atoms with E-state index in [2.05, 4.69) is 31.7 Å². The van der Waals surface area contributed by atoms with Crippen molar-refractivity contribution in [2.45, 2.75) is 11.8 Å². The number of nitrogens with zero attached hydrogens (tertiary/aromatic N) is 1. The molecule has 1 aliphatic rings. The van der Waals surface area contributed by atoms with Crippen LogP contribution >= 0.6 is 23.4 Å². The van der Waals surface area contributed by atoms with Crippen LogP contribution < -0.4 is 0 Å². The molecular weight excluding hydrogens is 298 g/mol. The van der Waals surface area contributed by atoms with Crippen LogP contribution in [0.4, 0.5) is 0 Å². The number of benzene rings is 2. The molecule has 0 saturated heterocycles. The quantitative estimate of drug-likeness (QED) is 0.693. The van der Waals surface area contributed by atoms with Crippen molar-refractivity contribution < 1.29 is 0 Å². The number of aliphatic imine (C=N–C) groups is 1. The van der Waals surface area contributed by atoms with Crippen molar-refractivity contribution in [1.82, 2.24) is 0 Å². The number of thioether (sulfide) groups is 1. The lowest BCUT2D eigenvalue weighted by Crippen LogP contribution is -2.04. The molecular formula is C18H14ClNS. The fourth-order valence-corrected chi connectivity index (χ4v) is 3.36. The Hall–Kier alpha value is -1.77. The number of hydrogen-bond donors (Lipinski definition) is 0. The second-order valence-electron chi connectivity index (χ2n) is 4.71. The maximum atomic E-state index is 5.99. The van der Waals surface area contributed by atoms with Crippen LogP contribution in [0, 0.1) is 0 Å². The number of rotatable bonds is 2. The van der Waals surface area contributed by atoms with Gasteiger partial charge < -0.3 is 0 Å². The van der Waals surface area contributed by atoms with Gasteiger partial charge in [0.05, 0.1) is 11.4 Å². The summed E-state index contributed by atoms with van der Waals surface area (Å²) in [6, 6.07) is 16.1. The highest BCUT2D eigenvalue weighted by Gasteiger charge is 2.17. The molecule has 21 heavy (non-hydrogen) atoms. The third-order valence-electron chi connectivity index (χ3n) is 3.31. The number of allylic oxidation sites excluding steroid dienone is 2. The summed E-state index contributed by atoms with van der Waals surface area (Å²) in [5, 5.41) is 0.728. The minimum absolute atomic E-state index is 0.728. The van der Waals surface area contributed by atoms with E-state index >= 15 is 0 Å². The molecule has 0 bridgehead atoms. The molecule has 0 amide bonds. The molecule has 3 heteroatoms. The zero-order chi connectivity index (χ0) is 14.8. The molecule has 0 aliphatic carbocycles. The number of halogens is 1. The number of hydrogen-bond acceptors (Lipinski definition) is 2. The van der Waals surface area contributed by atoms with E-state index in [4.69, 9.17) is 16.6 Å². The zero-order valence-electron chi connectivity index (χ0n) is 11.6. The Morgan fingerprint density at radius 2 is 1.81 bits per heavy atom. The van der Waals surface area contributed by atoms with Crippen LogP contribution in [0.15, 0.2) is 81.7 Å². The standard InChI is InChI=1S/C18H14ClNS/c1-3-16-12(2)21-17-7-5-4-6-15(17)18(20-16)13-8-10-14(19)11-9-13/h3-11H,1H2,2H3. The first-order chi connectivity index (χ1) is 10.2. The minimum atomic E-state index is 0.728. The SMILES string of the molecule is C=CC1=C(C)Sc2ccccc2C(c2ccc(Cl)cc2)=N1. The van der Waals surface area contributed by atoms with Gasteiger partial charge in [0.1, 0.15) is 0 Å². The Morgan fingerprint density at radius 3 is 2.52 bits per heavy atom. The second kappa shape index (κ2) is 5.92. The van der Waals surface area contributed by atoms with Crippen LogP contribution in [-0.4, -0.2) is 5.71 Å². The smallest absolute Gasteiger partial charge is 0.0793 e. The van der Waals surface area contributed by atoms with Gasteiger partial charge in [-0.05, 0) is 31.2 Å². The lowest BCUT2D eigenvalue weighted by atomic mass is 10.0. The van der Waals surface area contributed by atoms with Gasteiger partial charge in [0.2, 0.25) is 0 Å². The molecule has 1 aliphatic heterocycles. The maximum Gasteiger partial charge on any atom is 0.0793 e. The van der Waals surface area contributed by atoms with Gasteiger partial charge in [-0.15, -0.1) is 0 Å². The first-order valence-corrected chi connectivity index (χ1v) is 7.83. The van der Waals surface area contributed by atoms with Crippen molar-refractivity contribution in [1.29, 1.82) is 0 Å². The third-order valence-corrected chi connectivity index (χ3v) is 4.65. The van der Waals surface area contributed by atoms with Gasteiger partial charge in [-0.2, -0.15) is 0 Å². The summed E-state index contributed by atoms with van der Waals surface area (Å²) in [6.07, 6.45) is 1.81. The van der Waals surface area contributed by atoms with Crippen LogP contribution in [0.25, 0.3) is 0 Å². The van der Waals surface area contributed by atoms with E-state index in [0.29, 0.717) is 0 Å². The predicted octanol–water partition coefficient (Wildman–Crippen LogP) is 5.70. The summed E-state index contributed by atoms with van der Waals surface area (Å²) < 4.78 is 0. The van der Waals surface area contributed by atoms with Crippen LogP contribution in [0.3, 0.4) is 0 Å². The highest BCUT2D eigenvalue weighted by molar-refractivity contribution is 8.03. The molecule has 2 aromatic carbocycles. The average molecular weight is 312 g/mol. The molecule has 0 spiro atoms. The van der Waals surface area contributed by atoms with Crippen molar-refractivity contribution >= 4 is 29.1 Å². The highest BCUT2D eigenvalue weighted by atomic mass is 35.5. The molecule has 104 valence electrons. The van der Waals surface area contributed by atoms with Crippen molar-refractivity contribution in [3.63, 3.8) is 0 Å². The van der Waals surface area contributed by atoms with Gasteiger partial charge in [-0.3, -0.25) is 0 Å². The second-order valence-corrected chi connectivity index (χ2v) is 6.40. The Bertz CT molecular complexity index is 757. The molecule has 0 aromatic heterocycles. The Kier molecular flexibility index (Phi) is 4.00. The van der Waals surface area contributed by atoms with Crippen LogP contribution in [-0.2, 0) is 0 Å². The van der Waals surface area contributed by atoms with Gasteiger partial charge in [-0.25, -0.2) is 4.99 Å². The first kappa shape index (κ1) is 14.2. The van der Waals surface area contributed by atoms with Gasteiger partial charge >= 0.3 is 0 Å². The minimum Gasteiger partial charge on any atom is -0.247 e. The van der Waals surface area contributed by atoms with Gasteiger partial charge in [0, 0.05) is 26.0 Å². The summed E-state index contributed by atoms with van der Waals surface area (Å²) in [4.78, 5) is 7.19. The van der Waals surface area contributed by atoms with E-state index in [1.807, 2.05) is 36.4 Å². The predicted molar refractivity (Wildman–Crippen MR) is 92.3 cm³/mol. The topological polar surface area (TPSA) is 12.4 Å². The maximum absolute atomic E-state index is 5.99. The van der Waals surface area contributed by atoms with Crippen molar-refractivity contribution in [2.24, 2.45) is 4.99 Å². The summed E-state index contributed by atoms with van der Waals surface area (Å²) in [5.74, 6) is 0. The normalized spacial score (nSPS) is 14.3. The molecule has 3 rings (SSSR count). The van der Waals surface area contributed by atoms with E-state index in [-0.39, 0.29) is 0 Å². The highest BCUT2D eigenvalue weighted by Crippen LogP contribution is 2.36. The Balaban J connectivity index is 2.24. The van der Waals surface area contributed by atoms with Crippen molar-refractivity contribution in [2.75, 3.05) is 0 Å². The van der Waals surface area contributed by atoms with E-state index in [0.717, 1.165) is 32.5 Å². The van der Waals surface area contributed by atoms with E-state index < -0.39 is 0 Å². The molecule has 0 atom stereocenters. The fraction of sp³-hybridized carbons (Fsp3) is 0.0556. The molecule has 0 radical (unpaired) electrons. The van der Waals surface area contributed by atoms with Gasteiger partial charge in [-0.1, -0.05) is 60.3 Å². The molecule has 2 aromatic rings. The first-order valence-electron chi connectivity index (χ1n) is 6.64. The van der Waals surface area contributed by atoms with E-state index in [1.165, 1.54) is 4.90 Å². The summed E-state index contributed by atoms with van der Waals surface area (Å²) in [5.41, 5.74) is 4.07. The Labute approximate surface area is 134 Å². The average Bonchev–Trinajstić information content (AvgIpc) is 2.64. The molecule has 1 heterocycles.